The van der Waals surface area contributed by atoms with Crippen LogP contribution in [0.3, 0.4) is 0 Å². The number of aryl methyl sites for hydroxylation is 1. The van der Waals surface area contributed by atoms with Crippen molar-refractivity contribution < 1.29 is 6.48 Å². The summed E-state index contributed by atoms with van der Waals surface area (Å²) in [4.78, 5) is 4.96. The molecule has 3 heteroatoms. The van der Waals surface area contributed by atoms with Crippen molar-refractivity contribution >= 4 is 10.9 Å². The summed E-state index contributed by atoms with van der Waals surface area (Å²) >= 11 is 0. The molecule has 2 rings (SSSR count). The molecule has 1 unspecified atom stereocenters. The predicted molar refractivity (Wildman–Crippen MR) is 62.2 cm³/mol. The largest absolute Gasteiger partial charge is 0.507 e. The van der Waals surface area contributed by atoms with Crippen molar-refractivity contribution in [3.8, 4) is 5.75 Å². The highest BCUT2D eigenvalue weighted by molar-refractivity contribution is 5.88. The molecule has 0 amide bonds. The van der Waals surface area contributed by atoms with E-state index in [1.54, 1.807) is 6.07 Å². The SMILES string of the molecule is [2H]C(Cc1c[nH]c2cccc(O)c12)N(C)C. The quantitative estimate of drug-likeness (QED) is 0.804. The summed E-state index contributed by atoms with van der Waals surface area (Å²) in [7, 11) is 3.76. The van der Waals surface area contributed by atoms with Gasteiger partial charge in [0.15, 0.2) is 0 Å². The van der Waals surface area contributed by atoms with Crippen molar-refractivity contribution in [1.29, 1.82) is 0 Å². The van der Waals surface area contributed by atoms with Gasteiger partial charge in [0.1, 0.15) is 5.75 Å². The van der Waals surface area contributed by atoms with Crippen LogP contribution in [0.15, 0.2) is 24.4 Å². The predicted octanol–water partition coefficient (Wildman–Crippen LogP) is 1.98. The van der Waals surface area contributed by atoms with Crippen LogP contribution in [0.2, 0.25) is 0 Å². The number of benzene rings is 1. The van der Waals surface area contributed by atoms with Crippen LogP contribution in [0.1, 0.15) is 6.93 Å². The summed E-state index contributed by atoms with van der Waals surface area (Å²) in [6, 6.07) is 5.41. The maximum atomic E-state index is 9.80. The number of hydrogen-bond donors (Lipinski definition) is 2. The van der Waals surface area contributed by atoms with Gasteiger partial charge in [-0.25, -0.2) is 0 Å². The van der Waals surface area contributed by atoms with Gasteiger partial charge in [-0.2, -0.15) is 0 Å². The molecule has 1 heterocycles. The van der Waals surface area contributed by atoms with Crippen molar-refractivity contribution in [1.82, 2.24) is 9.88 Å². The van der Waals surface area contributed by atoms with Crippen LogP contribution in [-0.2, 0) is 6.42 Å². The number of rotatable bonds is 3. The Morgan fingerprint density at radius 2 is 2.27 bits per heavy atom. The van der Waals surface area contributed by atoms with Crippen molar-refractivity contribution in [3.05, 3.63) is 30.0 Å². The van der Waals surface area contributed by atoms with E-state index >= 15 is 0 Å². The third-order valence-corrected chi connectivity index (χ3v) is 2.44. The zero-order valence-corrected chi connectivity index (χ0v) is 8.99. The summed E-state index contributed by atoms with van der Waals surface area (Å²) in [6.07, 6.45) is 2.47. The third-order valence-electron chi connectivity index (χ3n) is 2.44. The Kier molecular flexibility index (Phi) is 2.31. The van der Waals surface area contributed by atoms with Crippen LogP contribution in [-0.4, -0.2) is 35.6 Å². The van der Waals surface area contributed by atoms with Crippen LogP contribution >= 0.6 is 0 Å². The van der Waals surface area contributed by atoms with Crippen LogP contribution in [0.4, 0.5) is 0 Å². The normalized spacial score (nSPS) is 14.5. The number of nitrogens with zero attached hydrogens (tertiary/aromatic N) is 1. The minimum atomic E-state index is -0.293. The highest BCUT2D eigenvalue weighted by Gasteiger charge is 2.07. The molecule has 1 atom stereocenters. The van der Waals surface area contributed by atoms with Gasteiger partial charge in [-0.15, -0.1) is 0 Å². The van der Waals surface area contributed by atoms with Crippen LogP contribution in [0.5, 0.6) is 5.75 Å². The molecule has 0 aliphatic carbocycles. The van der Waals surface area contributed by atoms with Gasteiger partial charge in [-0.05, 0) is 38.2 Å². The van der Waals surface area contributed by atoms with Crippen LogP contribution in [0.25, 0.3) is 10.9 Å². The molecule has 0 saturated heterocycles. The fourth-order valence-electron chi connectivity index (χ4n) is 1.68. The number of likely N-dealkylation sites (N-methyl/N-ethyl adjacent to an activating group) is 1. The molecule has 0 aliphatic heterocycles. The zero-order valence-electron chi connectivity index (χ0n) is 9.99. The highest BCUT2D eigenvalue weighted by Crippen LogP contribution is 2.27. The molecule has 3 nitrogen and oxygen atoms in total. The molecule has 1 aromatic heterocycles. The van der Waals surface area contributed by atoms with Crippen molar-refractivity contribution in [2.24, 2.45) is 0 Å². The van der Waals surface area contributed by atoms with Gasteiger partial charge in [0.25, 0.3) is 0 Å². The van der Waals surface area contributed by atoms with Gasteiger partial charge in [-0.3, -0.25) is 0 Å². The van der Waals surface area contributed by atoms with Crippen molar-refractivity contribution in [3.63, 3.8) is 0 Å². The van der Waals surface area contributed by atoms with Crippen molar-refractivity contribution in [2.75, 3.05) is 20.6 Å². The first kappa shape index (κ1) is 8.80. The molecule has 2 N–H and O–H groups in total. The fourth-order valence-corrected chi connectivity index (χ4v) is 1.68. The minimum Gasteiger partial charge on any atom is -0.507 e. The molecular formula is C12H16N2O. The first-order valence-electron chi connectivity index (χ1n) is 5.54. The number of aromatic hydroxyl groups is 1. The van der Waals surface area contributed by atoms with Gasteiger partial charge >= 0.3 is 0 Å². The Labute approximate surface area is 90.7 Å². The van der Waals surface area contributed by atoms with E-state index in [0.717, 1.165) is 16.5 Å². The van der Waals surface area contributed by atoms with E-state index in [1.165, 1.54) is 0 Å². The van der Waals surface area contributed by atoms with Crippen LogP contribution < -0.4 is 0 Å². The summed E-state index contributed by atoms with van der Waals surface area (Å²) in [6.45, 7) is -0.293. The van der Waals surface area contributed by atoms with E-state index in [4.69, 9.17) is 1.37 Å². The summed E-state index contributed by atoms with van der Waals surface area (Å²) in [5.74, 6) is 0.278. The van der Waals surface area contributed by atoms with E-state index < -0.39 is 0 Å². The second kappa shape index (κ2) is 3.95. The standard InChI is InChI=1S/C12H16N2O/c1-14(2)7-6-9-8-13-10-4-3-5-11(15)12(9)10/h3-5,8,13,15H,6-7H2,1-2H3/i7D. The molecule has 15 heavy (non-hydrogen) atoms. The van der Waals surface area contributed by atoms with Crippen molar-refractivity contribution in [2.45, 2.75) is 6.42 Å². The van der Waals surface area contributed by atoms with Gasteiger partial charge < -0.3 is 15.0 Å². The molecule has 0 fully saturated rings. The first-order chi connectivity index (χ1) is 7.59. The fraction of sp³-hybridized carbons (Fsp3) is 0.333. The van der Waals surface area contributed by atoms with E-state index in [2.05, 4.69) is 4.98 Å². The Morgan fingerprint density at radius 1 is 1.47 bits per heavy atom. The molecule has 0 saturated carbocycles. The molecule has 0 bridgehead atoms. The molecule has 0 radical (unpaired) electrons. The number of phenols is 1. The molecule has 0 aliphatic rings. The van der Waals surface area contributed by atoms with Gasteiger partial charge in [0, 0.05) is 25.0 Å². The highest BCUT2D eigenvalue weighted by atomic mass is 16.3. The van der Waals surface area contributed by atoms with Gasteiger partial charge in [-0.1, -0.05) is 6.07 Å². The Balaban J connectivity index is 2.38. The van der Waals surface area contributed by atoms with Gasteiger partial charge in [0.2, 0.25) is 0 Å². The zero-order chi connectivity index (χ0) is 11.7. The van der Waals surface area contributed by atoms with E-state index in [-0.39, 0.29) is 12.3 Å². The Hall–Kier alpha value is -1.48. The number of fused-ring (bicyclic) bond motifs is 1. The lowest BCUT2D eigenvalue weighted by atomic mass is 10.1. The number of hydrogen-bond acceptors (Lipinski definition) is 2. The molecule has 1 aromatic carbocycles. The molecular weight excluding hydrogens is 188 g/mol. The monoisotopic (exact) mass is 205 g/mol. The maximum Gasteiger partial charge on any atom is 0.125 e. The average Bonchev–Trinajstić information content (AvgIpc) is 2.63. The topological polar surface area (TPSA) is 39.3 Å². The summed E-state index contributed by atoms with van der Waals surface area (Å²) in [5, 5.41) is 10.6. The van der Waals surface area contributed by atoms with E-state index in [1.807, 2.05) is 37.3 Å². The number of aromatic amines is 1. The van der Waals surface area contributed by atoms with E-state index in [0.29, 0.717) is 6.42 Å². The minimum absolute atomic E-state index is 0.278. The maximum absolute atomic E-state index is 9.80. The number of phenolic OH excluding ortho intramolecular Hbond substituents is 1. The average molecular weight is 205 g/mol. The molecule has 2 aromatic rings. The lowest BCUT2D eigenvalue weighted by Crippen LogP contribution is -2.14. The number of nitrogens with one attached hydrogen (secondary N) is 1. The second-order valence-electron chi connectivity index (χ2n) is 3.86. The lowest BCUT2D eigenvalue weighted by Gasteiger charge is -2.08. The summed E-state index contributed by atoms with van der Waals surface area (Å²) in [5.41, 5.74) is 1.91. The first-order valence-corrected chi connectivity index (χ1v) is 4.96. The number of aromatic nitrogens is 1. The van der Waals surface area contributed by atoms with Gasteiger partial charge in [0.05, 0.1) is 0 Å². The summed E-state index contributed by atoms with van der Waals surface area (Å²) < 4.78 is 7.88. The smallest absolute Gasteiger partial charge is 0.125 e. The third kappa shape index (κ3) is 1.97. The lowest BCUT2D eigenvalue weighted by molar-refractivity contribution is 0.414. The Morgan fingerprint density at radius 3 is 3.00 bits per heavy atom. The van der Waals surface area contributed by atoms with E-state index in [9.17, 15) is 5.11 Å². The number of H-pyrrole nitrogens is 1. The van der Waals surface area contributed by atoms with Crippen LogP contribution in [0, 0.1) is 0 Å². The second-order valence-corrected chi connectivity index (χ2v) is 3.86. The molecule has 80 valence electrons. The Bertz CT molecular complexity index is 493. The molecule has 0 spiro atoms.